The number of nitrogens with zero attached hydrogens (tertiary/aromatic N) is 3. The second-order valence-corrected chi connectivity index (χ2v) is 4.22. The van der Waals surface area contributed by atoms with Crippen LogP contribution in [0.15, 0.2) is 24.3 Å². The molecule has 0 saturated carbocycles. The lowest BCUT2D eigenvalue weighted by Gasteiger charge is -2.09. The van der Waals surface area contributed by atoms with Crippen LogP contribution in [-0.4, -0.2) is 15.7 Å². The number of halogens is 3. The van der Waals surface area contributed by atoms with Crippen molar-refractivity contribution in [3.05, 3.63) is 30.1 Å². The molecule has 0 saturated heterocycles. The van der Waals surface area contributed by atoms with Gasteiger partial charge >= 0.3 is 6.18 Å². The smallest absolute Gasteiger partial charge is 0.327 e. The topological polar surface area (TPSA) is 41.6 Å². The second kappa shape index (κ2) is 5.31. The van der Waals surface area contributed by atoms with Crippen LogP contribution >= 0.6 is 0 Å². The fourth-order valence-corrected chi connectivity index (χ4v) is 2.02. The third-order valence-corrected chi connectivity index (χ3v) is 2.81. The average molecular weight is 267 g/mol. The summed E-state index contributed by atoms with van der Waals surface area (Å²) in [4.78, 5) is 4.28. The summed E-state index contributed by atoms with van der Waals surface area (Å²) < 4.78 is 38.2. The summed E-state index contributed by atoms with van der Waals surface area (Å²) in [5.74, 6) is 0.519. The van der Waals surface area contributed by atoms with Gasteiger partial charge in [-0.3, -0.25) is 0 Å². The van der Waals surface area contributed by atoms with Crippen molar-refractivity contribution >= 4 is 11.0 Å². The van der Waals surface area contributed by atoms with Gasteiger partial charge in [-0.25, -0.2) is 4.98 Å². The summed E-state index contributed by atoms with van der Waals surface area (Å²) in [6, 6.07) is 9.19. The van der Waals surface area contributed by atoms with Crippen LogP contribution < -0.4 is 0 Å². The van der Waals surface area contributed by atoms with Gasteiger partial charge in [0.25, 0.3) is 0 Å². The normalized spacial score (nSPS) is 11.7. The number of fused-ring (bicyclic) bond motifs is 1. The molecule has 19 heavy (non-hydrogen) atoms. The highest BCUT2D eigenvalue weighted by Crippen LogP contribution is 2.23. The molecule has 1 aromatic carbocycles. The number of para-hydroxylation sites is 2. The number of nitriles is 1. The summed E-state index contributed by atoms with van der Waals surface area (Å²) >= 11 is 0. The maximum Gasteiger partial charge on any atom is 0.389 e. The predicted molar refractivity (Wildman–Crippen MR) is 64.3 cm³/mol. The average Bonchev–Trinajstić information content (AvgIpc) is 2.67. The van der Waals surface area contributed by atoms with Crippen LogP contribution in [0.3, 0.4) is 0 Å². The minimum absolute atomic E-state index is 0.0116. The fourth-order valence-electron chi connectivity index (χ4n) is 2.02. The van der Waals surface area contributed by atoms with Crippen LogP contribution in [0.25, 0.3) is 11.0 Å². The number of benzene rings is 1. The van der Waals surface area contributed by atoms with Gasteiger partial charge in [-0.1, -0.05) is 12.1 Å². The maximum absolute atomic E-state index is 12.2. The van der Waals surface area contributed by atoms with E-state index >= 15 is 0 Å². The van der Waals surface area contributed by atoms with Crippen molar-refractivity contribution in [2.45, 2.75) is 32.0 Å². The van der Waals surface area contributed by atoms with Gasteiger partial charge in [-0.2, -0.15) is 18.4 Å². The van der Waals surface area contributed by atoms with Gasteiger partial charge in [0.05, 0.1) is 23.5 Å². The second-order valence-electron chi connectivity index (χ2n) is 4.22. The molecule has 0 fully saturated rings. The lowest BCUT2D eigenvalue weighted by atomic mass is 10.2. The fraction of sp³-hybridized carbons (Fsp3) is 0.385. The third kappa shape index (κ3) is 3.25. The van der Waals surface area contributed by atoms with Crippen molar-refractivity contribution in [2.75, 3.05) is 0 Å². The molecule has 0 aliphatic rings. The van der Waals surface area contributed by atoms with E-state index in [4.69, 9.17) is 5.26 Å². The Morgan fingerprint density at radius 3 is 2.68 bits per heavy atom. The van der Waals surface area contributed by atoms with Gasteiger partial charge in [-0.05, 0) is 18.6 Å². The van der Waals surface area contributed by atoms with Crippen LogP contribution in [-0.2, 0) is 13.0 Å². The number of rotatable bonds is 4. The number of aromatic nitrogens is 2. The molecule has 100 valence electrons. The van der Waals surface area contributed by atoms with Gasteiger partial charge in [0.15, 0.2) is 0 Å². The number of hydrogen-bond acceptors (Lipinski definition) is 2. The Kier molecular flexibility index (Phi) is 3.74. The van der Waals surface area contributed by atoms with Crippen LogP contribution in [0.5, 0.6) is 0 Å². The summed E-state index contributed by atoms with van der Waals surface area (Å²) in [7, 11) is 0. The Morgan fingerprint density at radius 1 is 1.26 bits per heavy atom. The van der Waals surface area contributed by atoms with E-state index < -0.39 is 12.6 Å². The first kappa shape index (κ1) is 13.4. The summed E-state index contributed by atoms with van der Waals surface area (Å²) in [5.41, 5.74) is 1.48. The number of hydrogen-bond donors (Lipinski definition) is 0. The highest BCUT2D eigenvalue weighted by atomic mass is 19.4. The lowest BCUT2D eigenvalue weighted by Crippen LogP contribution is -2.10. The molecule has 0 amide bonds. The van der Waals surface area contributed by atoms with Gasteiger partial charge in [0.1, 0.15) is 5.82 Å². The van der Waals surface area contributed by atoms with Crippen molar-refractivity contribution in [2.24, 2.45) is 0 Å². The molecule has 1 heterocycles. The van der Waals surface area contributed by atoms with E-state index in [0.29, 0.717) is 11.3 Å². The van der Waals surface area contributed by atoms with Gasteiger partial charge in [0.2, 0.25) is 0 Å². The lowest BCUT2D eigenvalue weighted by molar-refractivity contribution is -0.135. The van der Waals surface area contributed by atoms with Gasteiger partial charge < -0.3 is 4.57 Å². The Hall–Kier alpha value is -2.03. The molecule has 2 rings (SSSR count). The minimum Gasteiger partial charge on any atom is -0.327 e. The van der Waals surface area contributed by atoms with Gasteiger partial charge in [0, 0.05) is 13.0 Å². The molecule has 3 nitrogen and oxygen atoms in total. The molecule has 0 N–H and O–H groups in total. The quantitative estimate of drug-likeness (QED) is 0.851. The van der Waals surface area contributed by atoms with Crippen LogP contribution in [0.4, 0.5) is 13.2 Å². The largest absolute Gasteiger partial charge is 0.389 e. The molecular weight excluding hydrogens is 255 g/mol. The molecule has 0 unspecified atom stereocenters. The zero-order valence-corrected chi connectivity index (χ0v) is 10.1. The summed E-state index contributed by atoms with van der Waals surface area (Å²) in [6.07, 6.45) is -4.89. The molecule has 0 atom stereocenters. The maximum atomic E-state index is 12.2. The highest BCUT2D eigenvalue weighted by Gasteiger charge is 2.26. The molecule has 0 bridgehead atoms. The molecule has 0 spiro atoms. The van der Waals surface area contributed by atoms with E-state index in [1.165, 1.54) is 0 Å². The van der Waals surface area contributed by atoms with Crippen molar-refractivity contribution in [3.8, 4) is 6.07 Å². The van der Waals surface area contributed by atoms with Crippen molar-refractivity contribution in [3.63, 3.8) is 0 Å². The highest BCUT2D eigenvalue weighted by molar-refractivity contribution is 5.75. The van der Waals surface area contributed by atoms with Crippen molar-refractivity contribution < 1.29 is 13.2 Å². The molecule has 0 aliphatic heterocycles. The number of alkyl halides is 3. The Morgan fingerprint density at radius 2 is 2.00 bits per heavy atom. The Labute approximate surface area is 108 Å². The summed E-state index contributed by atoms with van der Waals surface area (Å²) in [5, 5.41) is 8.74. The number of imidazole rings is 1. The van der Waals surface area contributed by atoms with Crippen LogP contribution in [0.1, 0.15) is 18.7 Å². The van der Waals surface area contributed by atoms with E-state index in [9.17, 15) is 13.2 Å². The van der Waals surface area contributed by atoms with Gasteiger partial charge in [-0.15, -0.1) is 0 Å². The Bertz CT molecular complexity index is 608. The molecule has 6 heteroatoms. The molecular formula is C13H12F3N3. The number of aryl methyl sites for hydroxylation is 1. The van der Waals surface area contributed by atoms with E-state index in [-0.39, 0.29) is 19.4 Å². The van der Waals surface area contributed by atoms with E-state index in [0.717, 1.165) is 5.52 Å². The van der Waals surface area contributed by atoms with Crippen LogP contribution in [0.2, 0.25) is 0 Å². The third-order valence-electron chi connectivity index (χ3n) is 2.81. The molecule has 2 aromatic rings. The Balaban J connectivity index is 2.24. The van der Waals surface area contributed by atoms with Crippen molar-refractivity contribution in [1.82, 2.24) is 9.55 Å². The van der Waals surface area contributed by atoms with E-state index in [1.807, 2.05) is 12.1 Å². The first-order chi connectivity index (χ1) is 9.01. The zero-order valence-electron chi connectivity index (χ0n) is 10.1. The molecule has 1 aromatic heterocycles. The zero-order chi connectivity index (χ0) is 13.9. The minimum atomic E-state index is -4.15. The van der Waals surface area contributed by atoms with Crippen molar-refractivity contribution in [1.29, 1.82) is 5.26 Å². The first-order valence-electron chi connectivity index (χ1n) is 5.89. The van der Waals surface area contributed by atoms with Crippen LogP contribution in [0, 0.1) is 11.3 Å². The summed E-state index contributed by atoms with van der Waals surface area (Å²) in [6.45, 7) is 0.219. The van der Waals surface area contributed by atoms with E-state index in [2.05, 4.69) is 4.98 Å². The first-order valence-corrected chi connectivity index (χ1v) is 5.89. The standard InChI is InChI=1S/C13H12F3N3/c14-13(15,16)7-3-9-19-11-5-2-1-4-10(11)18-12(19)6-8-17/h1-2,4-5H,3,6-7,9H2. The monoisotopic (exact) mass is 267 g/mol. The van der Waals surface area contributed by atoms with E-state index in [1.54, 1.807) is 22.8 Å². The predicted octanol–water partition coefficient (Wildman–Crippen LogP) is 3.44. The molecule has 0 radical (unpaired) electrons. The SMILES string of the molecule is N#CCc1nc2ccccc2n1CCCC(F)(F)F. The molecule has 0 aliphatic carbocycles.